The highest BCUT2D eigenvalue weighted by atomic mass is 19.1. The molecule has 2 aromatic rings. The predicted molar refractivity (Wildman–Crippen MR) is 176 cm³/mol. The van der Waals surface area contributed by atoms with Gasteiger partial charge in [-0.15, -0.1) is 0 Å². The Labute approximate surface area is 272 Å². The summed E-state index contributed by atoms with van der Waals surface area (Å²) in [5.41, 5.74) is 0.130. The zero-order valence-electron chi connectivity index (χ0n) is 28.4. The molecule has 46 heavy (non-hydrogen) atoms. The lowest BCUT2D eigenvalue weighted by Crippen LogP contribution is -2.59. The molecule has 10 nitrogen and oxygen atoms in total. The van der Waals surface area contributed by atoms with Crippen LogP contribution in [0.5, 0.6) is 0 Å². The maximum atomic E-state index is 14.3. The van der Waals surface area contributed by atoms with Crippen molar-refractivity contribution in [3.63, 3.8) is 0 Å². The van der Waals surface area contributed by atoms with E-state index in [-0.39, 0.29) is 36.3 Å². The summed E-state index contributed by atoms with van der Waals surface area (Å²) in [5, 5.41) is 9.40. The first-order valence-electron chi connectivity index (χ1n) is 15.8. The second kappa shape index (κ2) is 15.5. The van der Waals surface area contributed by atoms with Crippen molar-refractivity contribution in [2.45, 2.75) is 91.1 Å². The summed E-state index contributed by atoms with van der Waals surface area (Å²) >= 11 is 0. The third kappa shape index (κ3) is 10.5. The SMILES string of the molecule is CC(C(=O)NC(C(=O)N1CC(NC(=O)c2ccccc2)CC1CNCCc1ccc(F)cc1)C(C)(C)C)N(C)C(=O)OC(C)(C)C. The number of hydrogen-bond acceptors (Lipinski definition) is 6. The second-order valence-electron chi connectivity index (χ2n) is 14.1. The Kier molecular flexibility index (Phi) is 12.3. The summed E-state index contributed by atoms with van der Waals surface area (Å²) in [7, 11) is 1.49. The van der Waals surface area contributed by atoms with Crippen LogP contribution in [0.1, 0.15) is 70.8 Å². The van der Waals surface area contributed by atoms with E-state index in [1.165, 1.54) is 24.1 Å². The van der Waals surface area contributed by atoms with Crippen LogP contribution in [0, 0.1) is 11.2 Å². The quantitative estimate of drug-likeness (QED) is 0.318. The Hall–Kier alpha value is -3.99. The lowest BCUT2D eigenvalue weighted by atomic mass is 9.85. The summed E-state index contributed by atoms with van der Waals surface area (Å²) in [5.74, 6) is -1.26. The second-order valence-corrected chi connectivity index (χ2v) is 14.1. The van der Waals surface area contributed by atoms with Gasteiger partial charge in [0.05, 0.1) is 0 Å². The van der Waals surface area contributed by atoms with E-state index in [1.54, 1.807) is 69.0 Å². The van der Waals surface area contributed by atoms with Gasteiger partial charge < -0.3 is 25.6 Å². The molecule has 1 aliphatic heterocycles. The average molecular weight is 640 g/mol. The maximum absolute atomic E-state index is 14.3. The number of likely N-dealkylation sites (tertiary alicyclic amines) is 1. The molecule has 0 radical (unpaired) electrons. The van der Waals surface area contributed by atoms with Crippen LogP contribution in [0.15, 0.2) is 54.6 Å². The van der Waals surface area contributed by atoms with Crippen LogP contribution in [0.25, 0.3) is 0 Å². The zero-order chi connectivity index (χ0) is 34.2. The van der Waals surface area contributed by atoms with Crippen molar-refractivity contribution in [2.75, 3.05) is 26.7 Å². The van der Waals surface area contributed by atoms with Gasteiger partial charge in [0.1, 0.15) is 23.5 Å². The Bertz CT molecular complexity index is 1340. The van der Waals surface area contributed by atoms with Gasteiger partial charge in [0.2, 0.25) is 11.8 Å². The lowest BCUT2D eigenvalue weighted by Gasteiger charge is -2.37. The van der Waals surface area contributed by atoms with Gasteiger partial charge in [0.15, 0.2) is 0 Å². The molecule has 3 N–H and O–H groups in total. The van der Waals surface area contributed by atoms with Gasteiger partial charge in [-0.2, -0.15) is 0 Å². The largest absolute Gasteiger partial charge is 0.444 e. The van der Waals surface area contributed by atoms with Crippen LogP contribution in [0.2, 0.25) is 0 Å². The normalized spacial score (nSPS) is 18.0. The molecule has 0 spiro atoms. The van der Waals surface area contributed by atoms with Gasteiger partial charge in [-0.05, 0) is 82.3 Å². The predicted octanol–water partition coefficient (Wildman–Crippen LogP) is 4.14. The molecule has 1 aliphatic rings. The van der Waals surface area contributed by atoms with Gasteiger partial charge in [0, 0.05) is 37.8 Å². The minimum absolute atomic E-state index is 0.220. The summed E-state index contributed by atoms with van der Waals surface area (Å²) in [4.78, 5) is 56.2. The third-order valence-electron chi connectivity index (χ3n) is 7.99. The van der Waals surface area contributed by atoms with E-state index in [9.17, 15) is 23.6 Å². The highest BCUT2D eigenvalue weighted by Gasteiger charge is 2.43. The minimum Gasteiger partial charge on any atom is -0.444 e. The van der Waals surface area contributed by atoms with E-state index < -0.39 is 35.1 Å². The van der Waals surface area contributed by atoms with Gasteiger partial charge >= 0.3 is 6.09 Å². The molecule has 2 aromatic carbocycles. The molecule has 3 rings (SSSR count). The molecule has 0 aromatic heterocycles. The van der Waals surface area contributed by atoms with Crippen LogP contribution in [-0.2, 0) is 20.7 Å². The third-order valence-corrected chi connectivity index (χ3v) is 7.99. The molecule has 252 valence electrons. The van der Waals surface area contributed by atoms with Crippen molar-refractivity contribution in [1.29, 1.82) is 0 Å². The highest BCUT2D eigenvalue weighted by molar-refractivity contribution is 5.95. The lowest BCUT2D eigenvalue weighted by molar-refractivity contribution is -0.141. The molecule has 1 saturated heterocycles. The zero-order valence-corrected chi connectivity index (χ0v) is 28.4. The molecule has 4 atom stereocenters. The first-order valence-corrected chi connectivity index (χ1v) is 15.8. The molecule has 0 bridgehead atoms. The number of halogens is 1. The number of benzene rings is 2. The molecule has 1 heterocycles. The molecule has 11 heteroatoms. The highest BCUT2D eigenvalue weighted by Crippen LogP contribution is 2.26. The molecule has 4 amide bonds. The fraction of sp³-hybridized carbons (Fsp3) is 0.543. The molecule has 4 unspecified atom stereocenters. The number of carbonyl (C=O) groups is 4. The van der Waals surface area contributed by atoms with Gasteiger partial charge in [0.25, 0.3) is 5.91 Å². The van der Waals surface area contributed by atoms with Crippen LogP contribution >= 0.6 is 0 Å². The van der Waals surface area contributed by atoms with Gasteiger partial charge in [-0.25, -0.2) is 9.18 Å². The van der Waals surface area contributed by atoms with E-state index in [0.29, 0.717) is 31.5 Å². The van der Waals surface area contributed by atoms with Crippen molar-refractivity contribution >= 4 is 23.8 Å². The Balaban J connectivity index is 1.75. The van der Waals surface area contributed by atoms with Crippen molar-refractivity contribution in [1.82, 2.24) is 25.8 Å². The van der Waals surface area contributed by atoms with Gasteiger partial charge in [-0.3, -0.25) is 19.3 Å². The van der Waals surface area contributed by atoms with E-state index in [2.05, 4.69) is 16.0 Å². The standard InChI is InChI=1S/C35H50FN5O5/c1-23(40(8)33(45)46-35(5,6)7)30(42)39-29(34(2,3)4)32(44)41-22-27(38-31(43)25-12-10-9-11-13-25)20-28(41)21-37-19-18-24-14-16-26(36)17-15-24/h9-17,23,27-29,37H,18-22H2,1-8H3,(H,38,43)(H,39,42). The summed E-state index contributed by atoms with van der Waals surface area (Å²) < 4.78 is 18.7. The summed E-state index contributed by atoms with van der Waals surface area (Å²) in [6, 6.07) is 12.9. The number of ether oxygens (including phenoxy) is 1. The van der Waals surface area contributed by atoms with Crippen molar-refractivity contribution in [2.24, 2.45) is 5.41 Å². The minimum atomic E-state index is -0.903. The fourth-order valence-corrected chi connectivity index (χ4v) is 5.24. The molecular weight excluding hydrogens is 589 g/mol. The van der Waals surface area contributed by atoms with Crippen molar-refractivity contribution in [3.8, 4) is 0 Å². The first kappa shape index (κ1) is 36.5. The van der Waals surface area contributed by atoms with E-state index in [4.69, 9.17) is 4.74 Å². The molecule has 0 aliphatic carbocycles. The first-order chi connectivity index (χ1) is 21.5. The smallest absolute Gasteiger partial charge is 0.410 e. The monoisotopic (exact) mass is 639 g/mol. The fourth-order valence-electron chi connectivity index (χ4n) is 5.24. The molecule has 1 fully saturated rings. The van der Waals surface area contributed by atoms with Crippen LogP contribution < -0.4 is 16.0 Å². The Morgan fingerprint density at radius 1 is 1.00 bits per heavy atom. The topological polar surface area (TPSA) is 120 Å². The van der Waals surface area contributed by atoms with E-state index >= 15 is 0 Å². The number of carbonyl (C=O) groups excluding carboxylic acids is 4. The number of nitrogens with zero attached hydrogens (tertiary/aromatic N) is 2. The van der Waals surface area contributed by atoms with Crippen molar-refractivity contribution < 1.29 is 28.3 Å². The summed E-state index contributed by atoms with van der Waals surface area (Å²) in [6.07, 6.45) is 0.562. The number of hydrogen-bond donors (Lipinski definition) is 3. The van der Waals surface area contributed by atoms with Crippen molar-refractivity contribution in [3.05, 3.63) is 71.5 Å². The number of likely N-dealkylation sites (N-methyl/N-ethyl adjacent to an activating group) is 1. The number of rotatable bonds is 11. The van der Waals surface area contributed by atoms with Gasteiger partial charge in [-0.1, -0.05) is 51.1 Å². The van der Waals surface area contributed by atoms with Crippen LogP contribution in [-0.4, -0.2) is 90.1 Å². The number of nitrogens with one attached hydrogen (secondary N) is 3. The van der Waals surface area contributed by atoms with E-state index in [0.717, 1.165) is 5.56 Å². The molecular formula is C35H50FN5O5. The number of amides is 4. The summed E-state index contributed by atoms with van der Waals surface area (Å²) in [6.45, 7) is 13.8. The van der Waals surface area contributed by atoms with Crippen LogP contribution in [0.4, 0.5) is 9.18 Å². The van der Waals surface area contributed by atoms with E-state index in [1.807, 2.05) is 26.8 Å². The maximum Gasteiger partial charge on any atom is 0.410 e. The Morgan fingerprint density at radius 3 is 2.22 bits per heavy atom. The molecule has 0 saturated carbocycles. The van der Waals surface area contributed by atoms with Crippen LogP contribution in [0.3, 0.4) is 0 Å². The Morgan fingerprint density at radius 2 is 1.63 bits per heavy atom. The average Bonchev–Trinajstić information content (AvgIpc) is 3.38.